The highest BCUT2D eigenvalue weighted by atomic mass is 16.4. The number of nitrogens with one attached hydrogen (secondary N) is 2. The molecule has 2 heterocycles. The molecule has 3 rings (SSSR count). The van der Waals surface area contributed by atoms with Gasteiger partial charge in [0, 0.05) is 37.8 Å². The molecule has 0 saturated carbocycles. The smallest absolute Gasteiger partial charge is 0.345 e. The first kappa shape index (κ1) is 18.0. The third kappa shape index (κ3) is 3.16. The molecule has 2 N–H and O–H groups in total. The van der Waals surface area contributed by atoms with Crippen molar-refractivity contribution in [1.82, 2.24) is 10.7 Å². The van der Waals surface area contributed by atoms with Crippen LogP contribution in [-0.4, -0.2) is 32.4 Å². The van der Waals surface area contributed by atoms with Gasteiger partial charge in [-0.3, -0.25) is 0 Å². The van der Waals surface area contributed by atoms with Gasteiger partial charge in [-0.05, 0) is 36.5 Å². The molecule has 138 valence electrons. The standard InChI is InChI=1S/C19H24N4O3/c1-11(21-22-18(25)20-4)13-8-12-9-14-15(10-16(12)26-17(13)24)23(5)7-6-19(14,2)3/h8-10H,6-7H2,1-5H3,(H2,20,22,25)/b21-11+. The lowest BCUT2D eigenvalue weighted by atomic mass is 9.77. The lowest BCUT2D eigenvalue weighted by molar-refractivity contribution is 0.243. The molecule has 1 aromatic carbocycles. The lowest BCUT2D eigenvalue weighted by Gasteiger charge is -2.38. The third-order valence-corrected chi connectivity index (χ3v) is 5.01. The maximum atomic E-state index is 12.4. The number of hydrogen-bond acceptors (Lipinski definition) is 5. The van der Waals surface area contributed by atoms with Gasteiger partial charge in [-0.15, -0.1) is 0 Å². The molecule has 1 aliphatic heterocycles. The largest absolute Gasteiger partial charge is 0.422 e. The van der Waals surface area contributed by atoms with E-state index in [1.54, 1.807) is 13.0 Å². The Bertz CT molecular complexity index is 959. The van der Waals surface area contributed by atoms with Gasteiger partial charge in [0.05, 0.1) is 11.3 Å². The van der Waals surface area contributed by atoms with Crippen LogP contribution in [0.4, 0.5) is 10.5 Å². The van der Waals surface area contributed by atoms with Gasteiger partial charge in [0.25, 0.3) is 0 Å². The van der Waals surface area contributed by atoms with Crippen LogP contribution in [-0.2, 0) is 5.41 Å². The fraction of sp³-hybridized carbons (Fsp3) is 0.421. The van der Waals surface area contributed by atoms with Crippen LogP contribution in [0, 0.1) is 0 Å². The fourth-order valence-electron chi connectivity index (χ4n) is 3.22. The Labute approximate surface area is 152 Å². The van der Waals surface area contributed by atoms with E-state index in [0.717, 1.165) is 24.0 Å². The summed E-state index contributed by atoms with van der Waals surface area (Å²) >= 11 is 0. The first-order valence-electron chi connectivity index (χ1n) is 8.59. The topological polar surface area (TPSA) is 86.9 Å². The van der Waals surface area contributed by atoms with E-state index < -0.39 is 11.7 Å². The van der Waals surface area contributed by atoms with Gasteiger partial charge in [-0.1, -0.05) is 13.8 Å². The highest BCUT2D eigenvalue weighted by Crippen LogP contribution is 2.41. The maximum Gasteiger partial charge on any atom is 0.345 e. The summed E-state index contributed by atoms with van der Waals surface area (Å²) in [5, 5.41) is 7.19. The van der Waals surface area contributed by atoms with Gasteiger partial charge in [0.2, 0.25) is 0 Å². The minimum Gasteiger partial charge on any atom is -0.422 e. The number of fused-ring (bicyclic) bond motifs is 2. The quantitative estimate of drug-likeness (QED) is 0.492. The van der Waals surface area contributed by atoms with E-state index in [2.05, 4.69) is 40.7 Å². The average Bonchev–Trinajstić information content (AvgIpc) is 2.61. The molecular weight excluding hydrogens is 332 g/mol. The summed E-state index contributed by atoms with van der Waals surface area (Å²) in [4.78, 5) is 25.8. The van der Waals surface area contributed by atoms with Gasteiger partial charge in [-0.2, -0.15) is 5.10 Å². The van der Waals surface area contributed by atoms with E-state index in [1.807, 2.05) is 13.1 Å². The Morgan fingerprint density at radius 3 is 2.73 bits per heavy atom. The Hall–Kier alpha value is -2.83. The van der Waals surface area contributed by atoms with E-state index in [-0.39, 0.29) is 5.41 Å². The van der Waals surface area contributed by atoms with Gasteiger partial charge in [-0.25, -0.2) is 15.0 Å². The number of hydrogen-bond donors (Lipinski definition) is 2. The van der Waals surface area contributed by atoms with E-state index in [0.29, 0.717) is 16.9 Å². The Balaban J connectivity index is 2.12. The molecule has 0 aliphatic carbocycles. The molecule has 0 unspecified atom stereocenters. The van der Waals surface area contributed by atoms with Crippen LogP contribution in [0.3, 0.4) is 0 Å². The summed E-state index contributed by atoms with van der Waals surface area (Å²) in [7, 11) is 3.54. The summed E-state index contributed by atoms with van der Waals surface area (Å²) in [6.07, 6.45) is 1.06. The molecule has 0 radical (unpaired) electrons. The summed E-state index contributed by atoms with van der Waals surface area (Å²) in [5.41, 5.74) is 5.49. The molecule has 7 nitrogen and oxygen atoms in total. The number of carbonyl (C=O) groups is 1. The lowest BCUT2D eigenvalue weighted by Crippen LogP contribution is -2.34. The number of carbonyl (C=O) groups excluding carboxylic acids is 1. The van der Waals surface area contributed by atoms with Crippen LogP contribution >= 0.6 is 0 Å². The van der Waals surface area contributed by atoms with Crippen LogP contribution in [0.25, 0.3) is 11.0 Å². The fourth-order valence-corrected chi connectivity index (χ4v) is 3.22. The summed E-state index contributed by atoms with van der Waals surface area (Å²) in [6.45, 7) is 7.07. The van der Waals surface area contributed by atoms with Gasteiger partial charge in [0.1, 0.15) is 5.58 Å². The molecule has 0 atom stereocenters. The molecule has 0 bridgehead atoms. The van der Waals surface area contributed by atoms with E-state index >= 15 is 0 Å². The number of rotatable bonds is 2. The molecule has 2 aromatic rings. The molecule has 0 saturated heterocycles. The van der Waals surface area contributed by atoms with Crippen molar-refractivity contribution in [2.45, 2.75) is 32.6 Å². The Morgan fingerprint density at radius 2 is 2.04 bits per heavy atom. The number of hydrazone groups is 1. The van der Waals surface area contributed by atoms with Crippen LogP contribution in [0.5, 0.6) is 0 Å². The first-order valence-corrected chi connectivity index (χ1v) is 8.59. The minimum absolute atomic E-state index is 0.0518. The molecule has 1 aromatic heterocycles. The first-order chi connectivity index (χ1) is 12.2. The second-order valence-corrected chi connectivity index (χ2v) is 7.30. The van der Waals surface area contributed by atoms with Crippen molar-refractivity contribution in [3.8, 4) is 0 Å². The van der Waals surface area contributed by atoms with Crippen LogP contribution in [0.2, 0.25) is 0 Å². The second-order valence-electron chi connectivity index (χ2n) is 7.30. The predicted octanol–water partition coefficient (Wildman–Crippen LogP) is 2.56. The number of urea groups is 1. The minimum atomic E-state index is -0.477. The second kappa shape index (κ2) is 6.48. The van der Waals surface area contributed by atoms with Crippen molar-refractivity contribution in [2.75, 3.05) is 25.5 Å². The zero-order valence-corrected chi connectivity index (χ0v) is 15.8. The van der Waals surface area contributed by atoms with Gasteiger partial charge in [0.15, 0.2) is 0 Å². The zero-order valence-electron chi connectivity index (χ0n) is 15.8. The van der Waals surface area contributed by atoms with Crippen molar-refractivity contribution in [3.05, 3.63) is 39.7 Å². The van der Waals surface area contributed by atoms with E-state index in [4.69, 9.17) is 4.42 Å². The van der Waals surface area contributed by atoms with Crippen molar-refractivity contribution in [1.29, 1.82) is 0 Å². The molecule has 26 heavy (non-hydrogen) atoms. The molecule has 2 amide bonds. The molecule has 0 spiro atoms. The SMILES string of the molecule is CNC(=O)N/N=C(\C)c1cc2cc3c(cc2oc1=O)N(C)CCC3(C)C. The number of amides is 2. The molecule has 7 heteroatoms. The number of benzene rings is 1. The number of nitrogens with zero attached hydrogens (tertiary/aromatic N) is 2. The molecular formula is C19H24N4O3. The monoisotopic (exact) mass is 356 g/mol. The Kier molecular flexibility index (Phi) is 4.48. The number of anilines is 1. The van der Waals surface area contributed by atoms with Crippen molar-refractivity contribution < 1.29 is 9.21 Å². The summed E-state index contributed by atoms with van der Waals surface area (Å²) in [6, 6.07) is 5.35. The van der Waals surface area contributed by atoms with Crippen molar-refractivity contribution >= 4 is 28.4 Å². The zero-order chi connectivity index (χ0) is 19.1. The predicted molar refractivity (Wildman–Crippen MR) is 103 cm³/mol. The highest BCUT2D eigenvalue weighted by molar-refractivity contribution is 6.01. The molecule has 0 fully saturated rings. The van der Waals surface area contributed by atoms with Crippen molar-refractivity contribution in [3.63, 3.8) is 0 Å². The third-order valence-electron chi connectivity index (χ3n) is 5.01. The van der Waals surface area contributed by atoms with E-state index in [9.17, 15) is 9.59 Å². The molecule has 1 aliphatic rings. The van der Waals surface area contributed by atoms with Crippen molar-refractivity contribution in [2.24, 2.45) is 5.10 Å². The maximum absolute atomic E-state index is 12.4. The van der Waals surface area contributed by atoms with Crippen LogP contribution in [0.15, 0.2) is 32.5 Å². The average molecular weight is 356 g/mol. The van der Waals surface area contributed by atoms with Gasteiger partial charge < -0.3 is 14.6 Å². The highest BCUT2D eigenvalue weighted by Gasteiger charge is 2.30. The summed E-state index contributed by atoms with van der Waals surface area (Å²) in [5.74, 6) is 0. The van der Waals surface area contributed by atoms with Gasteiger partial charge >= 0.3 is 11.7 Å². The van der Waals surface area contributed by atoms with E-state index in [1.165, 1.54) is 12.6 Å². The summed E-state index contributed by atoms with van der Waals surface area (Å²) < 4.78 is 5.54. The van der Waals surface area contributed by atoms with Crippen LogP contribution in [0.1, 0.15) is 38.3 Å². The Morgan fingerprint density at radius 1 is 1.31 bits per heavy atom. The van der Waals surface area contributed by atoms with Crippen LogP contribution < -0.4 is 21.3 Å². The normalized spacial score (nSPS) is 16.3.